The summed E-state index contributed by atoms with van der Waals surface area (Å²) in [6, 6.07) is 3.81. The van der Waals surface area contributed by atoms with E-state index in [0.717, 1.165) is 48.6 Å². The van der Waals surface area contributed by atoms with Crippen LogP contribution in [0, 0.1) is 12.8 Å². The Morgan fingerprint density at radius 2 is 1.89 bits per heavy atom. The average molecular weight is 265 g/mol. The van der Waals surface area contributed by atoms with E-state index < -0.39 is 6.10 Å². The van der Waals surface area contributed by atoms with Crippen LogP contribution in [0.2, 0.25) is 0 Å². The molecule has 1 atom stereocenters. The second-order valence-corrected chi connectivity index (χ2v) is 5.05. The summed E-state index contributed by atoms with van der Waals surface area (Å²) in [5.74, 6) is 1.83. The minimum Gasteiger partial charge on any atom is -0.496 e. The van der Waals surface area contributed by atoms with Crippen LogP contribution in [0.5, 0.6) is 11.5 Å². The van der Waals surface area contributed by atoms with Crippen LogP contribution in [-0.2, 0) is 0 Å². The normalized spacial score (nSPS) is 18.1. The Morgan fingerprint density at radius 3 is 2.47 bits per heavy atom. The van der Waals surface area contributed by atoms with E-state index in [-0.39, 0.29) is 0 Å². The number of aliphatic hydroxyl groups excluding tert-OH is 1. The van der Waals surface area contributed by atoms with Gasteiger partial charge in [-0.3, -0.25) is 0 Å². The van der Waals surface area contributed by atoms with Gasteiger partial charge in [-0.2, -0.15) is 0 Å². The molecule has 1 heterocycles. The number of ether oxygens (including phenoxy) is 2. The van der Waals surface area contributed by atoms with Gasteiger partial charge in [0.25, 0.3) is 0 Å². The van der Waals surface area contributed by atoms with Gasteiger partial charge in [0.2, 0.25) is 0 Å². The van der Waals surface area contributed by atoms with E-state index in [1.807, 2.05) is 19.1 Å². The molecule has 1 aliphatic heterocycles. The zero-order chi connectivity index (χ0) is 13.8. The number of piperidine rings is 1. The van der Waals surface area contributed by atoms with Gasteiger partial charge in [0.1, 0.15) is 11.5 Å². The van der Waals surface area contributed by atoms with Crippen molar-refractivity contribution in [2.75, 3.05) is 27.3 Å². The van der Waals surface area contributed by atoms with Crippen molar-refractivity contribution in [3.05, 3.63) is 23.3 Å². The Kier molecular flexibility index (Phi) is 4.66. The van der Waals surface area contributed by atoms with Gasteiger partial charge in [-0.25, -0.2) is 0 Å². The van der Waals surface area contributed by atoms with Crippen LogP contribution < -0.4 is 14.8 Å². The third-order valence-corrected chi connectivity index (χ3v) is 3.96. The molecule has 1 saturated heterocycles. The predicted octanol–water partition coefficient (Wildman–Crippen LogP) is 2.05. The van der Waals surface area contributed by atoms with Crippen molar-refractivity contribution >= 4 is 0 Å². The molecule has 0 aromatic heterocycles. The Labute approximate surface area is 114 Å². The Hall–Kier alpha value is -1.26. The van der Waals surface area contributed by atoms with Crippen LogP contribution in [0.1, 0.15) is 30.1 Å². The predicted molar refractivity (Wildman–Crippen MR) is 74.8 cm³/mol. The van der Waals surface area contributed by atoms with E-state index in [9.17, 15) is 5.11 Å². The first-order chi connectivity index (χ1) is 9.19. The van der Waals surface area contributed by atoms with Crippen LogP contribution in [-0.4, -0.2) is 32.4 Å². The van der Waals surface area contributed by atoms with Gasteiger partial charge < -0.3 is 19.9 Å². The van der Waals surface area contributed by atoms with Crippen molar-refractivity contribution in [2.24, 2.45) is 5.92 Å². The number of hydrogen-bond acceptors (Lipinski definition) is 4. The summed E-state index contributed by atoms with van der Waals surface area (Å²) < 4.78 is 10.8. The number of aliphatic hydroxyl groups is 1. The van der Waals surface area contributed by atoms with Crippen LogP contribution in [0.3, 0.4) is 0 Å². The van der Waals surface area contributed by atoms with Gasteiger partial charge in [0.15, 0.2) is 0 Å². The molecule has 1 aromatic rings. The molecule has 1 aromatic carbocycles. The first-order valence-corrected chi connectivity index (χ1v) is 6.79. The largest absolute Gasteiger partial charge is 0.496 e. The number of nitrogens with one attached hydrogen (secondary N) is 1. The summed E-state index contributed by atoms with van der Waals surface area (Å²) in [4.78, 5) is 0. The van der Waals surface area contributed by atoms with Gasteiger partial charge >= 0.3 is 0 Å². The maximum absolute atomic E-state index is 10.6. The SMILES string of the molecule is COc1ccc(C(O)C2CCNCC2)c(OC)c1C. The van der Waals surface area contributed by atoms with E-state index >= 15 is 0 Å². The lowest BCUT2D eigenvalue weighted by Gasteiger charge is -2.29. The molecule has 0 spiro atoms. The number of methoxy groups -OCH3 is 2. The summed E-state index contributed by atoms with van der Waals surface area (Å²) in [5, 5.41) is 13.9. The van der Waals surface area contributed by atoms with Crippen molar-refractivity contribution in [3.63, 3.8) is 0 Å². The average Bonchev–Trinajstić information content (AvgIpc) is 2.47. The molecule has 19 heavy (non-hydrogen) atoms. The van der Waals surface area contributed by atoms with Gasteiger partial charge in [0.05, 0.1) is 20.3 Å². The zero-order valence-corrected chi connectivity index (χ0v) is 11.9. The highest BCUT2D eigenvalue weighted by atomic mass is 16.5. The molecule has 2 rings (SSSR count). The third kappa shape index (κ3) is 2.85. The fraction of sp³-hybridized carbons (Fsp3) is 0.600. The van der Waals surface area contributed by atoms with Crippen molar-refractivity contribution in [3.8, 4) is 11.5 Å². The maximum atomic E-state index is 10.6. The smallest absolute Gasteiger partial charge is 0.131 e. The summed E-state index contributed by atoms with van der Waals surface area (Å²) in [5.41, 5.74) is 1.81. The Balaban J connectivity index is 2.30. The van der Waals surface area contributed by atoms with Crippen LogP contribution in [0.4, 0.5) is 0 Å². The lowest BCUT2D eigenvalue weighted by atomic mass is 9.87. The van der Waals surface area contributed by atoms with E-state index in [1.165, 1.54) is 0 Å². The number of hydrogen-bond donors (Lipinski definition) is 2. The van der Waals surface area contributed by atoms with Gasteiger partial charge in [0, 0.05) is 11.1 Å². The molecule has 1 unspecified atom stereocenters. The second-order valence-electron chi connectivity index (χ2n) is 5.05. The van der Waals surface area contributed by atoms with Crippen molar-refractivity contribution < 1.29 is 14.6 Å². The topological polar surface area (TPSA) is 50.7 Å². The molecule has 4 nitrogen and oxygen atoms in total. The molecular weight excluding hydrogens is 242 g/mol. The molecular formula is C15H23NO3. The lowest BCUT2D eigenvalue weighted by Crippen LogP contribution is -2.31. The fourth-order valence-corrected chi connectivity index (χ4v) is 2.83. The maximum Gasteiger partial charge on any atom is 0.131 e. The first-order valence-electron chi connectivity index (χ1n) is 6.79. The van der Waals surface area contributed by atoms with Gasteiger partial charge in [-0.15, -0.1) is 0 Å². The molecule has 1 aliphatic rings. The quantitative estimate of drug-likeness (QED) is 0.875. The Bertz CT molecular complexity index is 428. The van der Waals surface area contributed by atoms with E-state index in [0.29, 0.717) is 5.92 Å². The first kappa shape index (κ1) is 14.2. The van der Waals surface area contributed by atoms with Crippen LogP contribution in [0.15, 0.2) is 12.1 Å². The molecule has 4 heteroatoms. The van der Waals surface area contributed by atoms with Crippen molar-refractivity contribution in [1.29, 1.82) is 0 Å². The minimum absolute atomic E-state index is 0.294. The molecule has 0 saturated carbocycles. The van der Waals surface area contributed by atoms with E-state index in [2.05, 4.69) is 5.32 Å². The van der Waals surface area contributed by atoms with Crippen molar-refractivity contribution in [1.82, 2.24) is 5.32 Å². The second kappa shape index (κ2) is 6.26. The highest BCUT2D eigenvalue weighted by molar-refractivity contribution is 5.50. The summed E-state index contributed by atoms with van der Waals surface area (Å²) in [6.45, 7) is 3.90. The third-order valence-electron chi connectivity index (χ3n) is 3.96. The van der Waals surface area contributed by atoms with Crippen LogP contribution in [0.25, 0.3) is 0 Å². The molecule has 0 bridgehead atoms. The summed E-state index contributed by atoms with van der Waals surface area (Å²) >= 11 is 0. The summed E-state index contributed by atoms with van der Waals surface area (Å²) in [6.07, 6.45) is 1.52. The van der Waals surface area contributed by atoms with E-state index in [4.69, 9.17) is 9.47 Å². The summed E-state index contributed by atoms with van der Waals surface area (Å²) in [7, 11) is 3.28. The monoisotopic (exact) mass is 265 g/mol. The molecule has 1 fully saturated rings. The molecule has 0 radical (unpaired) electrons. The van der Waals surface area contributed by atoms with Gasteiger partial charge in [-0.05, 0) is 50.9 Å². The zero-order valence-electron chi connectivity index (χ0n) is 11.9. The minimum atomic E-state index is -0.471. The number of rotatable bonds is 4. The van der Waals surface area contributed by atoms with Crippen molar-refractivity contribution in [2.45, 2.75) is 25.9 Å². The van der Waals surface area contributed by atoms with Crippen LogP contribution >= 0.6 is 0 Å². The lowest BCUT2D eigenvalue weighted by molar-refractivity contribution is 0.0863. The number of benzene rings is 1. The highest BCUT2D eigenvalue weighted by Crippen LogP contribution is 2.39. The standard InChI is InChI=1S/C15H23NO3/c1-10-13(18-2)5-4-12(15(10)19-3)14(17)11-6-8-16-9-7-11/h4-5,11,14,16-17H,6-9H2,1-3H3. The molecule has 2 N–H and O–H groups in total. The molecule has 0 amide bonds. The highest BCUT2D eigenvalue weighted by Gasteiger charge is 2.26. The van der Waals surface area contributed by atoms with Gasteiger partial charge in [-0.1, -0.05) is 0 Å². The Morgan fingerprint density at radius 1 is 1.21 bits per heavy atom. The molecule has 0 aliphatic carbocycles. The fourth-order valence-electron chi connectivity index (χ4n) is 2.83. The molecule has 106 valence electrons. The van der Waals surface area contributed by atoms with E-state index in [1.54, 1.807) is 14.2 Å².